The second kappa shape index (κ2) is 13.2. The summed E-state index contributed by atoms with van der Waals surface area (Å²) in [5, 5.41) is 6.11. The minimum absolute atomic E-state index is 0.289. The summed E-state index contributed by atoms with van der Waals surface area (Å²) >= 11 is 1.36. The number of aryl methyl sites for hydroxylation is 1. The average Bonchev–Trinajstić information content (AvgIpc) is 2.97. The zero-order valence-electron chi connectivity index (χ0n) is 18.9. The third kappa shape index (κ3) is 8.23. The number of hydrogen-bond acceptors (Lipinski definition) is 6. The molecule has 0 saturated carbocycles. The molecule has 2 atom stereocenters. The van der Waals surface area contributed by atoms with Crippen molar-refractivity contribution in [1.82, 2.24) is 15.3 Å². The highest BCUT2D eigenvalue weighted by molar-refractivity contribution is 7.16. The van der Waals surface area contributed by atoms with Crippen LogP contribution in [-0.2, 0) is 9.47 Å². The first kappa shape index (κ1) is 24.2. The lowest BCUT2D eigenvalue weighted by Gasteiger charge is -2.21. The lowest BCUT2D eigenvalue weighted by atomic mass is 9.86. The normalized spacial score (nSPS) is 17.0. The Morgan fingerprint density at radius 2 is 2.12 bits per heavy atom. The second-order valence-electron chi connectivity index (χ2n) is 7.98. The maximum absolute atomic E-state index is 12.1. The Hall–Kier alpha value is -2.47. The number of ether oxygens (including phenoxy) is 2. The van der Waals surface area contributed by atoms with Crippen molar-refractivity contribution in [2.24, 2.45) is 11.8 Å². The number of hydrogen-bond donors (Lipinski definition) is 2. The van der Waals surface area contributed by atoms with E-state index < -0.39 is 0 Å². The largest absolute Gasteiger partial charge is 0.381 e. The topological polar surface area (TPSA) is 85.4 Å². The van der Waals surface area contributed by atoms with Crippen LogP contribution in [0.5, 0.6) is 0 Å². The molecule has 8 heteroatoms. The fourth-order valence-corrected chi connectivity index (χ4v) is 4.43. The van der Waals surface area contributed by atoms with Crippen LogP contribution >= 0.6 is 11.3 Å². The molecule has 2 unspecified atom stereocenters. The van der Waals surface area contributed by atoms with Crippen LogP contribution in [0.4, 0.5) is 9.93 Å². The molecule has 2 aromatic rings. The van der Waals surface area contributed by atoms with Gasteiger partial charge in [0.2, 0.25) is 0 Å². The van der Waals surface area contributed by atoms with Crippen molar-refractivity contribution in [3.05, 3.63) is 40.7 Å². The molecule has 1 aliphatic heterocycles. The zero-order chi connectivity index (χ0) is 22.6. The van der Waals surface area contributed by atoms with Crippen LogP contribution in [0.1, 0.15) is 48.7 Å². The molecular weight excluding hydrogens is 424 g/mol. The standard InChI is InChI=1S/C24H32N4O3S/c1-18(21-4-3-14-30-16-10-21)9-15-31-17-13-26-23(29)28-24-27-19(2)22(32-24)6-5-20-7-11-25-12-8-20/h7-8,11-12,18,21H,3-4,9-10,13-17H2,1-2H3,(H2,26,27,28,29). The Bertz CT molecular complexity index is 899. The fraction of sp³-hybridized carbons (Fsp3) is 0.542. The highest BCUT2D eigenvalue weighted by Gasteiger charge is 2.19. The SMILES string of the molecule is Cc1nc(NC(=O)NCCOCCC(C)C2CCCOCC2)sc1C#Cc1ccncc1. The number of nitrogens with one attached hydrogen (secondary N) is 2. The Balaban J connectivity index is 1.32. The molecule has 2 N–H and O–H groups in total. The maximum atomic E-state index is 12.1. The molecule has 2 aromatic heterocycles. The molecule has 1 fully saturated rings. The average molecular weight is 457 g/mol. The minimum Gasteiger partial charge on any atom is -0.381 e. The van der Waals surface area contributed by atoms with E-state index in [0.717, 1.165) is 54.5 Å². The quantitative estimate of drug-likeness (QED) is 0.459. The van der Waals surface area contributed by atoms with Gasteiger partial charge >= 0.3 is 6.03 Å². The molecule has 1 saturated heterocycles. The number of rotatable bonds is 8. The van der Waals surface area contributed by atoms with E-state index in [1.165, 1.54) is 17.8 Å². The summed E-state index contributed by atoms with van der Waals surface area (Å²) in [7, 11) is 0. The van der Waals surface area contributed by atoms with Gasteiger partial charge in [-0.15, -0.1) is 0 Å². The zero-order valence-corrected chi connectivity index (χ0v) is 19.7. The number of anilines is 1. The van der Waals surface area contributed by atoms with E-state index in [9.17, 15) is 4.79 Å². The van der Waals surface area contributed by atoms with Crippen LogP contribution in [0.25, 0.3) is 0 Å². The molecule has 0 spiro atoms. The van der Waals surface area contributed by atoms with Gasteiger partial charge < -0.3 is 14.8 Å². The van der Waals surface area contributed by atoms with E-state index in [4.69, 9.17) is 9.47 Å². The summed E-state index contributed by atoms with van der Waals surface area (Å²) in [4.78, 5) is 21.3. The van der Waals surface area contributed by atoms with Crippen LogP contribution in [0.2, 0.25) is 0 Å². The molecular formula is C24H32N4O3S. The van der Waals surface area contributed by atoms with Crippen LogP contribution in [0, 0.1) is 30.6 Å². The van der Waals surface area contributed by atoms with Crippen molar-refractivity contribution in [2.75, 3.05) is 38.3 Å². The Kier molecular flexibility index (Phi) is 9.95. The van der Waals surface area contributed by atoms with Gasteiger partial charge in [-0.05, 0) is 62.5 Å². The molecule has 32 heavy (non-hydrogen) atoms. The van der Waals surface area contributed by atoms with Crippen molar-refractivity contribution in [3.63, 3.8) is 0 Å². The van der Waals surface area contributed by atoms with Crippen LogP contribution < -0.4 is 10.6 Å². The van der Waals surface area contributed by atoms with Crippen molar-refractivity contribution in [3.8, 4) is 11.8 Å². The smallest absolute Gasteiger partial charge is 0.321 e. The van der Waals surface area contributed by atoms with Crippen LogP contribution in [0.15, 0.2) is 24.5 Å². The number of thiazole rings is 1. The van der Waals surface area contributed by atoms with Gasteiger partial charge in [-0.2, -0.15) is 0 Å². The summed E-state index contributed by atoms with van der Waals surface area (Å²) in [6, 6.07) is 3.42. The molecule has 172 valence electrons. The van der Waals surface area contributed by atoms with Crippen LogP contribution in [0.3, 0.4) is 0 Å². The summed E-state index contributed by atoms with van der Waals surface area (Å²) in [5.74, 6) is 7.55. The molecule has 0 aromatic carbocycles. The second-order valence-corrected chi connectivity index (χ2v) is 8.98. The van der Waals surface area contributed by atoms with E-state index in [1.54, 1.807) is 12.4 Å². The highest BCUT2D eigenvalue weighted by Crippen LogP contribution is 2.26. The lowest BCUT2D eigenvalue weighted by molar-refractivity contribution is 0.110. The Labute approximate surface area is 194 Å². The van der Waals surface area contributed by atoms with E-state index in [-0.39, 0.29) is 6.03 Å². The molecule has 0 bridgehead atoms. The Morgan fingerprint density at radius 1 is 1.28 bits per heavy atom. The summed E-state index contributed by atoms with van der Waals surface area (Å²) in [6.07, 6.45) is 8.01. The van der Waals surface area contributed by atoms with Crippen molar-refractivity contribution >= 4 is 22.5 Å². The monoisotopic (exact) mass is 456 g/mol. The summed E-state index contributed by atoms with van der Waals surface area (Å²) in [5.41, 5.74) is 1.68. The van der Waals surface area contributed by atoms with Gasteiger partial charge in [0.1, 0.15) is 4.88 Å². The van der Waals surface area contributed by atoms with Gasteiger partial charge in [-0.1, -0.05) is 24.2 Å². The maximum Gasteiger partial charge on any atom is 0.321 e. The molecule has 0 radical (unpaired) electrons. The summed E-state index contributed by atoms with van der Waals surface area (Å²) in [6.45, 7) is 7.63. The Morgan fingerprint density at radius 3 is 2.97 bits per heavy atom. The van der Waals surface area contributed by atoms with Crippen LogP contribution in [-0.4, -0.2) is 49.0 Å². The fourth-order valence-electron chi connectivity index (χ4n) is 3.61. The number of nitrogens with zero attached hydrogens (tertiary/aromatic N) is 2. The number of carbonyl (C=O) groups is 1. The molecule has 0 aliphatic carbocycles. The van der Waals surface area contributed by atoms with Gasteiger partial charge in [-0.3, -0.25) is 10.3 Å². The number of urea groups is 1. The van der Waals surface area contributed by atoms with E-state index in [1.807, 2.05) is 19.1 Å². The minimum atomic E-state index is -0.289. The van der Waals surface area contributed by atoms with Crippen molar-refractivity contribution < 1.29 is 14.3 Å². The number of pyridine rings is 1. The summed E-state index contributed by atoms with van der Waals surface area (Å²) < 4.78 is 11.3. The van der Waals surface area contributed by atoms with Gasteiger partial charge in [0, 0.05) is 44.3 Å². The predicted octanol–water partition coefficient (Wildman–Crippen LogP) is 4.23. The molecule has 2 amide bonds. The van der Waals surface area contributed by atoms with Gasteiger partial charge in [0.05, 0.1) is 12.3 Å². The van der Waals surface area contributed by atoms with Crippen molar-refractivity contribution in [2.45, 2.75) is 39.5 Å². The number of carbonyl (C=O) groups excluding carboxylic acids is 1. The third-order valence-corrected chi connectivity index (χ3v) is 6.56. The first-order valence-electron chi connectivity index (χ1n) is 11.2. The van der Waals surface area contributed by atoms with Gasteiger partial charge in [0.25, 0.3) is 0 Å². The first-order chi connectivity index (χ1) is 15.6. The number of amides is 2. The molecule has 3 rings (SSSR count). The van der Waals surface area contributed by atoms with Crippen molar-refractivity contribution in [1.29, 1.82) is 0 Å². The van der Waals surface area contributed by atoms with E-state index in [0.29, 0.717) is 30.8 Å². The lowest BCUT2D eigenvalue weighted by Crippen LogP contribution is -2.31. The van der Waals surface area contributed by atoms with E-state index in [2.05, 4.69) is 39.4 Å². The molecule has 3 heterocycles. The first-order valence-corrected chi connectivity index (χ1v) is 12.0. The number of aromatic nitrogens is 2. The van der Waals surface area contributed by atoms with E-state index >= 15 is 0 Å². The molecule has 1 aliphatic rings. The molecule has 7 nitrogen and oxygen atoms in total. The van der Waals surface area contributed by atoms with Gasteiger partial charge in [0.15, 0.2) is 5.13 Å². The third-order valence-electron chi connectivity index (χ3n) is 5.57. The highest BCUT2D eigenvalue weighted by atomic mass is 32.1. The van der Waals surface area contributed by atoms with Gasteiger partial charge in [-0.25, -0.2) is 9.78 Å². The predicted molar refractivity (Wildman–Crippen MR) is 127 cm³/mol.